The molecule has 0 aliphatic heterocycles. The number of hydrogen-bond acceptors (Lipinski definition) is 3. The van der Waals surface area contributed by atoms with Crippen molar-refractivity contribution in [2.75, 3.05) is 19.7 Å². The SMILES string of the molecule is C=C(CNCC(=O)OCC)c1ccccc1. The monoisotopic (exact) mass is 219 g/mol. The van der Waals surface area contributed by atoms with Crippen LogP contribution in [0, 0.1) is 0 Å². The fourth-order valence-electron chi connectivity index (χ4n) is 1.30. The smallest absolute Gasteiger partial charge is 0.319 e. The molecule has 0 aliphatic rings. The summed E-state index contributed by atoms with van der Waals surface area (Å²) in [4.78, 5) is 11.0. The van der Waals surface area contributed by atoms with Gasteiger partial charge in [0.15, 0.2) is 0 Å². The third-order valence-electron chi connectivity index (χ3n) is 2.10. The lowest BCUT2D eigenvalue weighted by molar-refractivity contribution is -0.141. The van der Waals surface area contributed by atoms with Crippen molar-refractivity contribution in [2.24, 2.45) is 0 Å². The lowest BCUT2D eigenvalue weighted by Crippen LogP contribution is -2.26. The Morgan fingerprint density at radius 1 is 1.31 bits per heavy atom. The first-order valence-electron chi connectivity index (χ1n) is 5.33. The Bertz CT molecular complexity index is 346. The van der Waals surface area contributed by atoms with Crippen molar-refractivity contribution < 1.29 is 9.53 Å². The summed E-state index contributed by atoms with van der Waals surface area (Å²) in [5, 5.41) is 2.99. The first-order chi connectivity index (χ1) is 7.74. The van der Waals surface area contributed by atoms with E-state index < -0.39 is 0 Å². The molecule has 0 atom stereocenters. The van der Waals surface area contributed by atoms with E-state index >= 15 is 0 Å². The molecule has 0 heterocycles. The van der Waals surface area contributed by atoms with E-state index in [0.717, 1.165) is 11.1 Å². The van der Waals surface area contributed by atoms with Crippen LogP contribution in [-0.4, -0.2) is 25.7 Å². The number of hydrogen-bond donors (Lipinski definition) is 1. The highest BCUT2D eigenvalue weighted by Gasteiger charge is 2.02. The number of ether oxygens (including phenoxy) is 1. The van der Waals surface area contributed by atoms with Gasteiger partial charge in [0, 0.05) is 6.54 Å². The van der Waals surface area contributed by atoms with E-state index in [2.05, 4.69) is 11.9 Å². The molecular formula is C13H17NO2. The second-order valence-electron chi connectivity index (χ2n) is 3.38. The fourth-order valence-corrected chi connectivity index (χ4v) is 1.30. The molecule has 0 radical (unpaired) electrons. The zero-order valence-electron chi connectivity index (χ0n) is 9.53. The molecule has 3 nitrogen and oxygen atoms in total. The number of benzene rings is 1. The maximum atomic E-state index is 11.0. The molecule has 0 spiro atoms. The molecule has 0 amide bonds. The van der Waals surface area contributed by atoms with Crippen LogP contribution in [0.2, 0.25) is 0 Å². The van der Waals surface area contributed by atoms with E-state index in [4.69, 9.17) is 4.74 Å². The van der Waals surface area contributed by atoms with Crippen molar-refractivity contribution in [3.05, 3.63) is 42.5 Å². The molecule has 0 fully saturated rings. The minimum absolute atomic E-state index is 0.222. The minimum Gasteiger partial charge on any atom is -0.465 e. The Morgan fingerprint density at radius 2 is 2.00 bits per heavy atom. The van der Waals surface area contributed by atoms with Crippen molar-refractivity contribution >= 4 is 11.5 Å². The summed E-state index contributed by atoms with van der Waals surface area (Å²) in [6.07, 6.45) is 0. The van der Waals surface area contributed by atoms with E-state index in [9.17, 15) is 4.79 Å². The Kier molecular flexibility index (Phi) is 5.29. The Balaban J connectivity index is 2.29. The zero-order chi connectivity index (χ0) is 11.8. The highest BCUT2D eigenvalue weighted by atomic mass is 16.5. The summed E-state index contributed by atoms with van der Waals surface area (Å²) < 4.78 is 4.80. The Labute approximate surface area is 96.1 Å². The van der Waals surface area contributed by atoms with Crippen molar-refractivity contribution in [1.82, 2.24) is 5.32 Å². The minimum atomic E-state index is -0.233. The molecule has 1 aromatic carbocycles. The predicted octanol–water partition coefficient (Wildman–Crippen LogP) is 1.85. The number of nitrogens with one attached hydrogen (secondary N) is 1. The average molecular weight is 219 g/mol. The first-order valence-corrected chi connectivity index (χ1v) is 5.33. The lowest BCUT2D eigenvalue weighted by atomic mass is 10.1. The molecule has 0 bridgehead atoms. The maximum Gasteiger partial charge on any atom is 0.319 e. The van der Waals surface area contributed by atoms with Crippen molar-refractivity contribution in [3.63, 3.8) is 0 Å². The Morgan fingerprint density at radius 3 is 2.62 bits per heavy atom. The van der Waals surface area contributed by atoms with E-state index in [1.54, 1.807) is 6.92 Å². The molecule has 16 heavy (non-hydrogen) atoms. The van der Waals surface area contributed by atoms with Crippen molar-refractivity contribution in [1.29, 1.82) is 0 Å². The summed E-state index contributed by atoms with van der Waals surface area (Å²) in [5.41, 5.74) is 2.05. The number of carbonyl (C=O) groups is 1. The van der Waals surface area contributed by atoms with Gasteiger partial charge in [0.1, 0.15) is 0 Å². The number of rotatable bonds is 6. The molecule has 0 saturated heterocycles. The summed E-state index contributed by atoms with van der Waals surface area (Å²) >= 11 is 0. The van der Waals surface area contributed by atoms with Gasteiger partial charge in [-0.1, -0.05) is 36.9 Å². The van der Waals surface area contributed by atoms with Crippen molar-refractivity contribution in [3.8, 4) is 0 Å². The standard InChI is InChI=1S/C13H17NO2/c1-3-16-13(15)10-14-9-11(2)12-7-5-4-6-8-12/h4-8,14H,2-3,9-10H2,1H3. The van der Waals surface area contributed by atoms with Crippen molar-refractivity contribution in [2.45, 2.75) is 6.92 Å². The molecule has 3 heteroatoms. The highest BCUT2D eigenvalue weighted by molar-refractivity contribution is 5.72. The van der Waals surface area contributed by atoms with Gasteiger partial charge in [-0.05, 0) is 18.1 Å². The van der Waals surface area contributed by atoms with Gasteiger partial charge in [0.2, 0.25) is 0 Å². The van der Waals surface area contributed by atoms with Crippen LogP contribution < -0.4 is 5.32 Å². The van der Waals surface area contributed by atoms with Gasteiger partial charge in [0.05, 0.1) is 13.2 Å². The van der Waals surface area contributed by atoms with Crippen LogP contribution in [0.25, 0.3) is 5.57 Å². The van der Waals surface area contributed by atoms with Crippen LogP contribution >= 0.6 is 0 Å². The number of esters is 1. The van der Waals surface area contributed by atoms with Crippen LogP contribution in [0.3, 0.4) is 0 Å². The normalized spacial score (nSPS) is 9.81. The van der Waals surface area contributed by atoms with E-state index in [1.807, 2.05) is 30.3 Å². The fraction of sp³-hybridized carbons (Fsp3) is 0.308. The van der Waals surface area contributed by atoms with Gasteiger partial charge in [-0.25, -0.2) is 0 Å². The second-order valence-corrected chi connectivity index (χ2v) is 3.38. The molecule has 0 aliphatic carbocycles. The summed E-state index contributed by atoms with van der Waals surface area (Å²) in [6.45, 7) is 6.97. The van der Waals surface area contributed by atoms with Crippen LogP contribution in [0.5, 0.6) is 0 Å². The summed E-state index contributed by atoms with van der Waals surface area (Å²) in [7, 11) is 0. The molecule has 0 unspecified atom stereocenters. The second kappa shape index (κ2) is 6.80. The van der Waals surface area contributed by atoms with Gasteiger partial charge in [0.25, 0.3) is 0 Å². The van der Waals surface area contributed by atoms with E-state index in [0.29, 0.717) is 13.2 Å². The maximum absolute atomic E-state index is 11.0. The van der Waals surface area contributed by atoms with E-state index in [1.165, 1.54) is 0 Å². The zero-order valence-corrected chi connectivity index (χ0v) is 9.53. The summed E-state index contributed by atoms with van der Waals surface area (Å²) in [6, 6.07) is 9.88. The van der Waals surface area contributed by atoms with Crippen LogP contribution in [-0.2, 0) is 9.53 Å². The largest absolute Gasteiger partial charge is 0.465 e. The van der Waals surface area contributed by atoms with Gasteiger partial charge in [-0.2, -0.15) is 0 Å². The topological polar surface area (TPSA) is 38.3 Å². The van der Waals surface area contributed by atoms with Gasteiger partial charge in [-0.15, -0.1) is 0 Å². The first kappa shape index (κ1) is 12.5. The third kappa shape index (κ3) is 4.28. The van der Waals surface area contributed by atoms with Gasteiger partial charge < -0.3 is 10.1 Å². The molecule has 1 N–H and O–H groups in total. The molecule has 1 rings (SSSR count). The van der Waals surface area contributed by atoms with Crippen LogP contribution in [0.4, 0.5) is 0 Å². The average Bonchev–Trinajstić information content (AvgIpc) is 2.30. The van der Waals surface area contributed by atoms with Crippen LogP contribution in [0.15, 0.2) is 36.9 Å². The molecule has 1 aromatic rings. The number of carbonyl (C=O) groups excluding carboxylic acids is 1. The highest BCUT2D eigenvalue weighted by Crippen LogP contribution is 2.09. The van der Waals surface area contributed by atoms with Gasteiger partial charge >= 0.3 is 5.97 Å². The quantitative estimate of drug-likeness (QED) is 0.742. The molecule has 86 valence electrons. The molecule has 0 aromatic heterocycles. The summed E-state index contributed by atoms with van der Waals surface area (Å²) in [5.74, 6) is -0.233. The Hall–Kier alpha value is -1.61. The lowest BCUT2D eigenvalue weighted by Gasteiger charge is -2.07. The third-order valence-corrected chi connectivity index (χ3v) is 2.10. The van der Waals surface area contributed by atoms with Crippen LogP contribution in [0.1, 0.15) is 12.5 Å². The predicted molar refractivity (Wildman–Crippen MR) is 65.0 cm³/mol. The van der Waals surface area contributed by atoms with E-state index in [-0.39, 0.29) is 12.5 Å². The molecular weight excluding hydrogens is 202 g/mol. The van der Waals surface area contributed by atoms with Gasteiger partial charge in [-0.3, -0.25) is 4.79 Å². The molecule has 0 saturated carbocycles.